The number of piperidine rings is 1. The van der Waals surface area contributed by atoms with Crippen LogP contribution < -0.4 is 0 Å². The fourth-order valence-corrected chi connectivity index (χ4v) is 4.53. The van der Waals surface area contributed by atoms with Gasteiger partial charge in [-0.25, -0.2) is 0 Å². The maximum absolute atomic E-state index is 12.9. The van der Waals surface area contributed by atoms with Gasteiger partial charge in [0.05, 0.1) is 17.7 Å². The summed E-state index contributed by atoms with van der Waals surface area (Å²) in [5.74, 6) is -0.261. The number of carbonyl (C=O) groups excluding carboxylic acids is 2. The van der Waals surface area contributed by atoms with Crippen LogP contribution >= 0.6 is 11.5 Å². The number of rotatable bonds is 7. The van der Waals surface area contributed by atoms with Gasteiger partial charge in [0.1, 0.15) is 4.88 Å². The van der Waals surface area contributed by atoms with E-state index in [9.17, 15) is 9.59 Å². The summed E-state index contributed by atoms with van der Waals surface area (Å²) in [5, 5.41) is 3.95. The number of nitrogens with zero attached hydrogens (tertiary/aromatic N) is 3. The second-order valence-electron chi connectivity index (χ2n) is 7.36. The summed E-state index contributed by atoms with van der Waals surface area (Å²) in [7, 11) is 0. The lowest BCUT2D eigenvalue weighted by Gasteiger charge is -2.41. The highest BCUT2D eigenvalue weighted by atomic mass is 32.1. The molecule has 1 aromatic carbocycles. The van der Waals surface area contributed by atoms with E-state index in [4.69, 9.17) is 4.74 Å². The molecule has 7 heteroatoms. The van der Waals surface area contributed by atoms with Gasteiger partial charge in [0, 0.05) is 13.1 Å². The molecule has 2 aromatic rings. The molecule has 150 valence electrons. The molecule has 1 saturated heterocycles. The SMILES string of the molecule is CCOC(=O)[C@@]1(CCCc2ccccc2)CCCN(C(=O)c2snnc2C)C1. The van der Waals surface area contributed by atoms with Crippen molar-refractivity contribution in [1.82, 2.24) is 14.5 Å². The summed E-state index contributed by atoms with van der Waals surface area (Å²) < 4.78 is 9.31. The number of esters is 1. The topological polar surface area (TPSA) is 72.4 Å². The van der Waals surface area contributed by atoms with Crippen molar-refractivity contribution >= 4 is 23.4 Å². The fraction of sp³-hybridized carbons (Fsp3) is 0.524. The van der Waals surface area contributed by atoms with Crippen molar-refractivity contribution in [2.45, 2.75) is 46.0 Å². The molecule has 0 unspecified atom stereocenters. The number of hydrogen-bond acceptors (Lipinski definition) is 6. The Bertz CT molecular complexity index is 808. The van der Waals surface area contributed by atoms with Gasteiger partial charge in [-0.05, 0) is 63.0 Å². The number of aromatic nitrogens is 2. The monoisotopic (exact) mass is 401 g/mol. The van der Waals surface area contributed by atoms with Gasteiger partial charge in [-0.15, -0.1) is 5.10 Å². The molecular weight excluding hydrogens is 374 g/mol. The number of amides is 1. The van der Waals surface area contributed by atoms with Crippen LogP contribution in [0.2, 0.25) is 0 Å². The van der Waals surface area contributed by atoms with Crippen LogP contribution in [0.5, 0.6) is 0 Å². The van der Waals surface area contributed by atoms with Crippen molar-refractivity contribution in [1.29, 1.82) is 0 Å². The van der Waals surface area contributed by atoms with Gasteiger partial charge in [-0.3, -0.25) is 9.59 Å². The Morgan fingerprint density at radius 3 is 2.75 bits per heavy atom. The third-order valence-corrected chi connectivity index (χ3v) is 6.20. The van der Waals surface area contributed by atoms with Crippen molar-refractivity contribution in [3.8, 4) is 0 Å². The third kappa shape index (κ3) is 4.58. The van der Waals surface area contributed by atoms with Crippen LogP contribution in [-0.2, 0) is 16.0 Å². The van der Waals surface area contributed by atoms with Crippen molar-refractivity contribution < 1.29 is 14.3 Å². The zero-order valence-corrected chi connectivity index (χ0v) is 17.3. The molecule has 1 aliphatic rings. The molecule has 1 amide bonds. The average Bonchev–Trinajstić information content (AvgIpc) is 3.14. The Kier molecular flexibility index (Phi) is 6.78. The van der Waals surface area contributed by atoms with Gasteiger partial charge in [-0.1, -0.05) is 34.8 Å². The maximum atomic E-state index is 12.9. The predicted molar refractivity (Wildman–Crippen MR) is 108 cm³/mol. The number of ether oxygens (including phenoxy) is 1. The predicted octanol–water partition coefficient (Wildman–Crippen LogP) is 3.65. The van der Waals surface area contributed by atoms with Crippen LogP contribution in [0.25, 0.3) is 0 Å². The number of hydrogen-bond donors (Lipinski definition) is 0. The first-order valence-electron chi connectivity index (χ1n) is 9.85. The molecule has 1 aliphatic heterocycles. The van der Waals surface area contributed by atoms with Crippen molar-refractivity contribution in [2.75, 3.05) is 19.7 Å². The van der Waals surface area contributed by atoms with Gasteiger partial charge in [0.15, 0.2) is 0 Å². The number of carbonyl (C=O) groups is 2. The molecule has 0 radical (unpaired) electrons. The van der Waals surface area contributed by atoms with E-state index in [0.717, 1.165) is 37.2 Å². The fourth-order valence-electron chi connectivity index (χ4n) is 3.91. The van der Waals surface area contributed by atoms with Gasteiger partial charge in [0.2, 0.25) is 0 Å². The van der Waals surface area contributed by atoms with E-state index in [-0.39, 0.29) is 11.9 Å². The molecule has 1 atom stereocenters. The Balaban J connectivity index is 1.73. The smallest absolute Gasteiger partial charge is 0.313 e. The van der Waals surface area contributed by atoms with E-state index in [1.54, 1.807) is 11.8 Å². The highest BCUT2D eigenvalue weighted by Gasteiger charge is 2.44. The zero-order valence-electron chi connectivity index (χ0n) is 16.5. The van der Waals surface area contributed by atoms with Crippen molar-refractivity contribution in [3.05, 3.63) is 46.5 Å². The normalized spacial score (nSPS) is 19.4. The van der Waals surface area contributed by atoms with Crippen LogP contribution in [0.1, 0.15) is 53.5 Å². The second kappa shape index (κ2) is 9.28. The van der Waals surface area contributed by atoms with Crippen LogP contribution in [0.3, 0.4) is 0 Å². The van der Waals surface area contributed by atoms with Crippen molar-refractivity contribution in [2.24, 2.45) is 5.41 Å². The first-order chi connectivity index (χ1) is 13.6. The molecule has 0 saturated carbocycles. The minimum absolute atomic E-state index is 0.0797. The van der Waals surface area contributed by atoms with Gasteiger partial charge < -0.3 is 9.64 Å². The third-order valence-electron chi connectivity index (χ3n) is 5.38. The first-order valence-corrected chi connectivity index (χ1v) is 10.6. The second-order valence-corrected chi connectivity index (χ2v) is 8.11. The standard InChI is InChI=1S/C21H27N3O3S/c1-3-27-20(26)21(12-7-11-17-9-5-4-6-10-17)13-8-14-24(15-21)19(25)18-16(2)22-23-28-18/h4-6,9-10H,3,7-8,11-15H2,1-2H3/t21-/m0/s1. The minimum atomic E-state index is -0.634. The molecule has 0 bridgehead atoms. The highest BCUT2D eigenvalue weighted by molar-refractivity contribution is 7.07. The summed E-state index contributed by atoms with van der Waals surface area (Å²) in [5.41, 5.74) is 1.27. The molecule has 6 nitrogen and oxygen atoms in total. The highest BCUT2D eigenvalue weighted by Crippen LogP contribution is 2.37. The first kappa shape index (κ1) is 20.5. The van der Waals surface area contributed by atoms with Gasteiger partial charge in [0.25, 0.3) is 5.91 Å². The van der Waals surface area contributed by atoms with Crippen LogP contribution in [-0.4, -0.2) is 46.1 Å². The molecule has 1 fully saturated rings. The summed E-state index contributed by atoms with van der Waals surface area (Å²) >= 11 is 1.12. The molecular formula is C21H27N3O3S. The van der Waals surface area contributed by atoms with E-state index in [2.05, 4.69) is 21.7 Å². The largest absolute Gasteiger partial charge is 0.466 e. The Morgan fingerprint density at radius 1 is 1.29 bits per heavy atom. The summed E-state index contributed by atoms with van der Waals surface area (Å²) in [6.45, 7) is 5.02. The quantitative estimate of drug-likeness (QED) is 0.662. The van der Waals surface area contributed by atoms with E-state index in [0.29, 0.717) is 36.7 Å². The van der Waals surface area contributed by atoms with E-state index >= 15 is 0 Å². The Hall–Kier alpha value is -2.28. The lowest BCUT2D eigenvalue weighted by atomic mass is 9.75. The summed E-state index contributed by atoms with van der Waals surface area (Å²) in [6, 6.07) is 10.3. The number of likely N-dealkylation sites (tertiary alicyclic amines) is 1. The Morgan fingerprint density at radius 2 is 2.07 bits per heavy atom. The van der Waals surface area contributed by atoms with Crippen molar-refractivity contribution in [3.63, 3.8) is 0 Å². The van der Waals surface area contributed by atoms with Crippen LogP contribution in [0.15, 0.2) is 30.3 Å². The lowest BCUT2D eigenvalue weighted by molar-refractivity contribution is -0.159. The maximum Gasteiger partial charge on any atom is 0.313 e. The molecule has 0 aliphatic carbocycles. The van der Waals surface area contributed by atoms with E-state index in [1.165, 1.54) is 5.56 Å². The number of benzene rings is 1. The van der Waals surface area contributed by atoms with Crippen LogP contribution in [0.4, 0.5) is 0 Å². The number of aryl methyl sites for hydroxylation is 2. The van der Waals surface area contributed by atoms with E-state index in [1.807, 2.05) is 25.1 Å². The van der Waals surface area contributed by atoms with Crippen LogP contribution in [0, 0.1) is 12.3 Å². The molecule has 0 spiro atoms. The van der Waals surface area contributed by atoms with E-state index < -0.39 is 5.41 Å². The zero-order chi connectivity index (χ0) is 20.0. The Labute approximate surface area is 170 Å². The minimum Gasteiger partial charge on any atom is -0.466 e. The van der Waals surface area contributed by atoms with Gasteiger partial charge in [-0.2, -0.15) is 0 Å². The average molecular weight is 402 g/mol. The molecule has 0 N–H and O–H groups in total. The summed E-state index contributed by atoms with van der Waals surface area (Å²) in [6.07, 6.45) is 4.05. The molecule has 28 heavy (non-hydrogen) atoms. The molecule has 2 heterocycles. The van der Waals surface area contributed by atoms with Gasteiger partial charge >= 0.3 is 5.97 Å². The summed E-state index contributed by atoms with van der Waals surface area (Å²) in [4.78, 5) is 28.2. The molecule has 1 aromatic heterocycles. The molecule has 3 rings (SSSR count). The lowest BCUT2D eigenvalue weighted by Crippen LogP contribution is -2.50.